The van der Waals surface area contributed by atoms with Crippen LogP contribution in [0.1, 0.15) is 12.6 Å². The van der Waals surface area contributed by atoms with Gasteiger partial charge in [-0.05, 0) is 26.0 Å². The minimum absolute atomic E-state index is 0.168. The second-order valence-electron chi connectivity index (χ2n) is 5.02. The number of nitrogens with one attached hydrogen (secondary N) is 2. The summed E-state index contributed by atoms with van der Waals surface area (Å²) in [7, 11) is -2.13. The van der Waals surface area contributed by atoms with Crippen LogP contribution in [0.25, 0.3) is 5.69 Å². The van der Waals surface area contributed by atoms with E-state index in [0.29, 0.717) is 17.1 Å². The number of sulfonamides is 1. The summed E-state index contributed by atoms with van der Waals surface area (Å²) in [5.74, 6) is -0.168. The van der Waals surface area contributed by atoms with Crippen LogP contribution in [0, 0.1) is 6.92 Å². The maximum atomic E-state index is 12.2. The predicted octanol–water partition coefficient (Wildman–Crippen LogP) is 1.25. The Morgan fingerprint density at radius 3 is 2.64 bits per heavy atom. The normalized spacial score (nSPS) is 13.0. The van der Waals surface area contributed by atoms with Gasteiger partial charge in [-0.15, -0.1) is 0 Å². The first-order valence-corrected chi connectivity index (χ1v) is 8.39. The molecule has 0 saturated heterocycles. The molecule has 0 aliphatic carbocycles. The molecule has 8 heteroatoms. The summed E-state index contributed by atoms with van der Waals surface area (Å²) in [5.41, 5.74) is 1.17. The number of nitrogens with zero attached hydrogens (tertiary/aromatic N) is 1. The van der Waals surface area contributed by atoms with E-state index in [2.05, 4.69) is 9.71 Å². The first-order valence-electron chi connectivity index (χ1n) is 6.74. The lowest BCUT2D eigenvalue weighted by molar-refractivity contribution is 0.136. The highest BCUT2D eigenvalue weighted by Crippen LogP contribution is 2.21. The van der Waals surface area contributed by atoms with E-state index in [1.807, 2.05) is 0 Å². The van der Waals surface area contributed by atoms with Gasteiger partial charge in [0.2, 0.25) is 10.0 Å². The molecular weight excluding hydrogens is 306 g/mol. The summed E-state index contributed by atoms with van der Waals surface area (Å²) in [4.78, 5) is 14.5. The summed E-state index contributed by atoms with van der Waals surface area (Å²) < 4.78 is 33.3. The number of para-hydroxylation sites is 2. The molecule has 22 heavy (non-hydrogen) atoms. The Kier molecular flexibility index (Phi) is 4.72. The van der Waals surface area contributed by atoms with E-state index in [1.165, 1.54) is 11.7 Å². The van der Waals surface area contributed by atoms with Gasteiger partial charge in [-0.2, -0.15) is 0 Å². The van der Waals surface area contributed by atoms with Crippen molar-refractivity contribution in [1.82, 2.24) is 9.55 Å². The maximum absolute atomic E-state index is 12.2. The number of aromatic nitrogens is 2. The lowest BCUT2D eigenvalue weighted by Gasteiger charge is -2.15. The molecule has 0 saturated carbocycles. The van der Waals surface area contributed by atoms with Crippen LogP contribution in [0.3, 0.4) is 0 Å². The summed E-state index contributed by atoms with van der Waals surface area (Å²) >= 11 is 0. The number of hydrogen-bond acceptors (Lipinski definition) is 4. The molecule has 1 unspecified atom stereocenters. The van der Waals surface area contributed by atoms with Crippen molar-refractivity contribution < 1.29 is 13.2 Å². The van der Waals surface area contributed by atoms with Crippen molar-refractivity contribution >= 4 is 15.7 Å². The molecule has 2 rings (SSSR count). The Hall–Kier alpha value is -2.06. The number of hydrogen-bond donors (Lipinski definition) is 2. The van der Waals surface area contributed by atoms with Crippen LogP contribution in [0.2, 0.25) is 0 Å². The van der Waals surface area contributed by atoms with Crippen molar-refractivity contribution in [2.45, 2.75) is 20.0 Å². The maximum Gasteiger partial charge on any atom is 0.330 e. The minimum Gasteiger partial charge on any atom is -0.381 e. The summed E-state index contributed by atoms with van der Waals surface area (Å²) in [6.45, 7) is 3.43. The Balaban J connectivity index is 2.40. The molecule has 0 aliphatic heterocycles. The predicted molar refractivity (Wildman–Crippen MR) is 85.0 cm³/mol. The molecule has 2 aromatic rings. The smallest absolute Gasteiger partial charge is 0.330 e. The molecular formula is C14H19N3O4S. The highest BCUT2D eigenvalue weighted by molar-refractivity contribution is 7.92. The topological polar surface area (TPSA) is 93.2 Å². The summed E-state index contributed by atoms with van der Waals surface area (Å²) in [6, 6.07) is 6.74. The van der Waals surface area contributed by atoms with Crippen LogP contribution >= 0.6 is 0 Å². The van der Waals surface area contributed by atoms with E-state index in [-0.39, 0.29) is 11.4 Å². The fraction of sp³-hybridized carbons (Fsp3) is 0.357. The number of anilines is 1. The van der Waals surface area contributed by atoms with Gasteiger partial charge in [-0.1, -0.05) is 12.1 Å². The quantitative estimate of drug-likeness (QED) is 0.836. The van der Waals surface area contributed by atoms with Crippen LogP contribution in [-0.4, -0.2) is 36.9 Å². The first kappa shape index (κ1) is 16.3. The van der Waals surface area contributed by atoms with Gasteiger partial charge >= 0.3 is 5.69 Å². The number of aryl methyl sites for hydroxylation is 1. The van der Waals surface area contributed by atoms with Gasteiger partial charge in [0.05, 0.1) is 23.2 Å². The molecule has 0 amide bonds. The SMILES string of the molecule is COC(C)CS(=O)(=O)Nc1ccccc1-n1c(C)c[nH]c1=O. The van der Waals surface area contributed by atoms with Crippen molar-refractivity contribution in [1.29, 1.82) is 0 Å². The van der Waals surface area contributed by atoms with Gasteiger partial charge in [0.15, 0.2) is 0 Å². The molecule has 0 spiro atoms. The number of benzene rings is 1. The molecule has 7 nitrogen and oxygen atoms in total. The molecule has 0 aliphatic rings. The zero-order valence-electron chi connectivity index (χ0n) is 12.7. The van der Waals surface area contributed by atoms with Crippen LogP contribution in [0.4, 0.5) is 5.69 Å². The van der Waals surface area contributed by atoms with E-state index in [4.69, 9.17) is 4.74 Å². The fourth-order valence-electron chi connectivity index (χ4n) is 2.10. The van der Waals surface area contributed by atoms with Crippen LogP contribution < -0.4 is 10.4 Å². The van der Waals surface area contributed by atoms with Gasteiger partial charge in [0.1, 0.15) is 0 Å². The molecule has 1 aromatic heterocycles. The third-order valence-corrected chi connectivity index (χ3v) is 4.67. The lowest BCUT2D eigenvalue weighted by Crippen LogP contribution is -2.26. The van der Waals surface area contributed by atoms with Gasteiger partial charge in [0, 0.05) is 19.0 Å². The van der Waals surface area contributed by atoms with Gasteiger partial charge < -0.3 is 9.72 Å². The monoisotopic (exact) mass is 325 g/mol. The molecule has 1 heterocycles. The molecule has 2 N–H and O–H groups in total. The molecule has 120 valence electrons. The van der Waals surface area contributed by atoms with E-state index in [1.54, 1.807) is 44.3 Å². The van der Waals surface area contributed by atoms with Crippen molar-refractivity contribution in [3.8, 4) is 5.69 Å². The van der Waals surface area contributed by atoms with E-state index in [9.17, 15) is 13.2 Å². The highest BCUT2D eigenvalue weighted by Gasteiger charge is 2.18. The first-order chi connectivity index (χ1) is 10.3. The van der Waals surface area contributed by atoms with Crippen LogP contribution in [-0.2, 0) is 14.8 Å². The fourth-order valence-corrected chi connectivity index (χ4v) is 3.44. The third kappa shape index (κ3) is 3.58. The van der Waals surface area contributed by atoms with Gasteiger partial charge in [-0.25, -0.2) is 13.2 Å². The molecule has 1 aromatic carbocycles. The van der Waals surface area contributed by atoms with Crippen molar-refractivity contribution in [2.75, 3.05) is 17.6 Å². The molecule has 0 radical (unpaired) electrons. The van der Waals surface area contributed by atoms with Crippen LogP contribution in [0.15, 0.2) is 35.3 Å². The van der Waals surface area contributed by atoms with E-state index in [0.717, 1.165) is 0 Å². The minimum atomic E-state index is -3.59. The van der Waals surface area contributed by atoms with Gasteiger partial charge in [-0.3, -0.25) is 9.29 Å². The second kappa shape index (κ2) is 6.37. The Labute approximate surface area is 129 Å². The Morgan fingerprint density at radius 2 is 2.05 bits per heavy atom. The molecule has 1 atom stereocenters. The standard InChI is InChI=1S/C14H19N3O4S/c1-10-8-15-14(18)17(10)13-7-5-4-6-12(13)16-22(19,20)9-11(2)21-3/h4-8,11,16H,9H2,1-3H3,(H,15,18). The molecule has 0 bridgehead atoms. The van der Waals surface area contributed by atoms with Gasteiger partial charge in [0.25, 0.3) is 0 Å². The molecule has 0 fully saturated rings. The Morgan fingerprint density at radius 1 is 1.36 bits per heavy atom. The van der Waals surface area contributed by atoms with Crippen molar-refractivity contribution in [3.63, 3.8) is 0 Å². The zero-order valence-corrected chi connectivity index (χ0v) is 13.5. The largest absolute Gasteiger partial charge is 0.381 e. The van der Waals surface area contributed by atoms with Crippen molar-refractivity contribution in [3.05, 3.63) is 46.6 Å². The zero-order chi connectivity index (χ0) is 16.3. The lowest BCUT2D eigenvalue weighted by atomic mass is 10.2. The average Bonchev–Trinajstić information content (AvgIpc) is 2.78. The third-order valence-electron chi connectivity index (χ3n) is 3.23. The second-order valence-corrected chi connectivity index (χ2v) is 6.78. The summed E-state index contributed by atoms with van der Waals surface area (Å²) in [6.07, 6.45) is 1.14. The van der Waals surface area contributed by atoms with Crippen LogP contribution in [0.5, 0.6) is 0 Å². The number of methoxy groups -OCH3 is 1. The number of ether oxygens (including phenoxy) is 1. The Bertz CT molecular complexity index is 807. The summed E-state index contributed by atoms with van der Waals surface area (Å²) in [5, 5.41) is 0. The number of rotatable bonds is 6. The van der Waals surface area contributed by atoms with Crippen molar-refractivity contribution in [2.24, 2.45) is 0 Å². The number of aromatic amines is 1. The number of H-pyrrole nitrogens is 1. The van der Waals surface area contributed by atoms with E-state index < -0.39 is 16.1 Å². The average molecular weight is 325 g/mol. The van der Waals surface area contributed by atoms with E-state index >= 15 is 0 Å². The highest BCUT2D eigenvalue weighted by atomic mass is 32.2. The number of imidazole rings is 1.